The van der Waals surface area contributed by atoms with E-state index in [1.807, 2.05) is 24.8 Å². The summed E-state index contributed by atoms with van der Waals surface area (Å²) >= 11 is 1.58. The van der Waals surface area contributed by atoms with Gasteiger partial charge in [-0.2, -0.15) is 0 Å². The van der Waals surface area contributed by atoms with E-state index in [-0.39, 0.29) is 17.7 Å². The second kappa shape index (κ2) is 6.98. The van der Waals surface area contributed by atoms with Gasteiger partial charge in [-0.05, 0) is 19.6 Å². The average Bonchev–Trinajstić information content (AvgIpc) is 2.85. The molecule has 2 heterocycles. The highest BCUT2D eigenvalue weighted by molar-refractivity contribution is 7.98. The van der Waals surface area contributed by atoms with Crippen molar-refractivity contribution in [3.8, 4) is 0 Å². The molecule has 1 aliphatic heterocycles. The Labute approximate surface area is 129 Å². The van der Waals surface area contributed by atoms with E-state index in [4.69, 9.17) is 0 Å². The number of hydrogen-bond donors (Lipinski definition) is 1. The lowest BCUT2D eigenvalue weighted by molar-refractivity contribution is -0.138. The number of nitrogens with zero attached hydrogens (tertiary/aromatic N) is 3. The SMILES string of the molecule is CCN1C[C@@H](C(=O)NCc2cnc(SC)n2C)CCC1=O. The molecule has 1 N–H and O–H groups in total. The number of amides is 2. The van der Waals surface area contributed by atoms with Crippen LogP contribution in [0.4, 0.5) is 0 Å². The Kier molecular flexibility index (Phi) is 5.27. The van der Waals surface area contributed by atoms with Crippen molar-refractivity contribution in [2.75, 3.05) is 19.3 Å². The maximum atomic E-state index is 12.2. The Balaban J connectivity index is 1.89. The third-order valence-corrected chi connectivity index (χ3v) is 4.67. The Morgan fingerprint density at radius 2 is 2.33 bits per heavy atom. The van der Waals surface area contributed by atoms with Gasteiger partial charge in [-0.15, -0.1) is 0 Å². The summed E-state index contributed by atoms with van der Waals surface area (Å²) in [6, 6.07) is 0. The molecule has 2 amide bonds. The maximum Gasteiger partial charge on any atom is 0.225 e. The number of aromatic nitrogens is 2. The molecule has 1 atom stereocenters. The lowest BCUT2D eigenvalue weighted by Crippen LogP contribution is -2.45. The van der Waals surface area contributed by atoms with Crippen LogP contribution in [0, 0.1) is 5.92 Å². The van der Waals surface area contributed by atoms with Gasteiger partial charge < -0.3 is 14.8 Å². The number of thioether (sulfide) groups is 1. The van der Waals surface area contributed by atoms with Gasteiger partial charge in [0.05, 0.1) is 24.4 Å². The summed E-state index contributed by atoms with van der Waals surface area (Å²) in [4.78, 5) is 29.9. The Hall–Kier alpha value is -1.50. The molecule has 1 saturated heterocycles. The van der Waals surface area contributed by atoms with Gasteiger partial charge in [-0.1, -0.05) is 11.8 Å². The van der Waals surface area contributed by atoms with E-state index < -0.39 is 0 Å². The minimum absolute atomic E-state index is 0.0212. The molecule has 6 nitrogen and oxygen atoms in total. The van der Waals surface area contributed by atoms with Gasteiger partial charge in [0.2, 0.25) is 11.8 Å². The summed E-state index contributed by atoms with van der Waals surface area (Å²) in [6.45, 7) is 3.61. The van der Waals surface area contributed by atoms with Crippen molar-refractivity contribution in [3.63, 3.8) is 0 Å². The van der Waals surface area contributed by atoms with Crippen molar-refractivity contribution < 1.29 is 9.59 Å². The monoisotopic (exact) mass is 310 g/mol. The molecule has 0 bridgehead atoms. The van der Waals surface area contributed by atoms with Gasteiger partial charge in [-0.25, -0.2) is 4.98 Å². The molecule has 2 rings (SSSR count). The fourth-order valence-corrected chi connectivity index (χ4v) is 3.09. The minimum atomic E-state index is -0.101. The number of imidazole rings is 1. The quantitative estimate of drug-likeness (QED) is 0.825. The van der Waals surface area contributed by atoms with Gasteiger partial charge in [0.25, 0.3) is 0 Å². The third kappa shape index (κ3) is 3.58. The number of hydrogen-bond acceptors (Lipinski definition) is 4. The van der Waals surface area contributed by atoms with Crippen molar-refractivity contribution in [1.82, 2.24) is 19.8 Å². The highest BCUT2D eigenvalue weighted by atomic mass is 32.2. The molecule has 0 aliphatic carbocycles. The number of rotatable bonds is 5. The van der Waals surface area contributed by atoms with Crippen molar-refractivity contribution >= 4 is 23.6 Å². The molecular formula is C14H22N4O2S. The van der Waals surface area contributed by atoms with Crippen molar-refractivity contribution in [2.45, 2.75) is 31.5 Å². The number of carbonyl (C=O) groups is 2. The molecule has 7 heteroatoms. The van der Waals surface area contributed by atoms with Crippen LogP contribution in [0.25, 0.3) is 0 Å². The summed E-state index contributed by atoms with van der Waals surface area (Å²) in [7, 11) is 1.94. The van der Waals surface area contributed by atoms with Crippen LogP contribution in [-0.4, -0.2) is 45.6 Å². The molecule has 0 saturated carbocycles. The van der Waals surface area contributed by atoms with E-state index in [9.17, 15) is 9.59 Å². The third-order valence-electron chi connectivity index (χ3n) is 3.92. The summed E-state index contributed by atoms with van der Waals surface area (Å²) < 4.78 is 1.98. The van der Waals surface area contributed by atoms with Crippen LogP contribution in [0.1, 0.15) is 25.5 Å². The molecule has 0 unspecified atom stereocenters. The highest BCUT2D eigenvalue weighted by Gasteiger charge is 2.29. The van der Waals surface area contributed by atoms with Crippen molar-refractivity contribution in [3.05, 3.63) is 11.9 Å². The molecule has 21 heavy (non-hydrogen) atoms. The lowest BCUT2D eigenvalue weighted by atomic mass is 9.96. The summed E-state index contributed by atoms with van der Waals surface area (Å²) in [6.07, 6.45) is 4.87. The molecular weight excluding hydrogens is 288 g/mol. The molecule has 1 aromatic rings. The van der Waals surface area contributed by atoms with Crippen LogP contribution in [0.3, 0.4) is 0 Å². The van der Waals surface area contributed by atoms with Crippen LogP contribution in [0.15, 0.2) is 11.4 Å². The largest absolute Gasteiger partial charge is 0.350 e. The van der Waals surface area contributed by atoms with E-state index in [1.165, 1.54) is 0 Å². The fourth-order valence-electron chi connectivity index (χ4n) is 2.54. The zero-order valence-corrected chi connectivity index (χ0v) is 13.6. The number of likely N-dealkylation sites (tertiary alicyclic amines) is 1. The number of piperidine rings is 1. The number of nitrogens with one attached hydrogen (secondary N) is 1. The molecule has 1 aliphatic rings. The Bertz CT molecular complexity index is 529. The first kappa shape index (κ1) is 15.9. The Morgan fingerprint density at radius 1 is 1.57 bits per heavy atom. The van der Waals surface area contributed by atoms with E-state index >= 15 is 0 Å². The summed E-state index contributed by atoms with van der Waals surface area (Å²) in [5, 5.41) is 3.89. The fraction of sp³-hybridized carbons (Fsp3) is 0.643. The number of carbonyl (C=O) groups excluding carboxylic acids is 2. The zero-order valence-electron chi connectivity index (χ0n) is 12.8. The predicted molar refractivity (Wildman–Crippen MR) is 81.8 cm³/mol. The predicted octanol–water partition coefficient (Wildman–Crippen LogP) is 1.02. The van der Waals surface area contributed by atoms with E-state index in [2.05, 4.69) is 10.3 Å². The van der Waals surface area contributed by atoms with Gasteiger partial charge in [0.1, 0.15) is 0 Å². The van der Waals surface area contributed by atoms with Gasteiger partial charge in [0, 0.05) is 26.6 Å². The Morgan fingerprint density at radius 3 is 2.95 bits per heavy atom. The highest BCUT2D eigenvalue weighted by Crippen LogP contribution is 2.18. The van der Waals surface area contributed by atoms with Crippen molar-refractivity contribution in [2.24, 2.45) is 13.0 Å². The van der Waals surface area contributed by atoms with Crippen LogP contribution < -0.4 is 5.32 Å². The van der Waals surface area contributed by atoms with Gasteiger partial charge in [0.15, 0.2) is 5.16 Å². The topological polar surface area (TPSA) is 67.2 Å². The van der Waals surface area contributed by atoms with Crippen molar-refractivity contribution in [1.29, 1.82) is 0 Å². The van der Waals surface area contributed by atoms with Gasteiger partial charge >= 0.3 is 0 Å². The van der Waals surface area contributed by atoms with Crippen LogP contribution in [0.5, 0.6) is 0 Å². The first-order valence-electron chi connectivity index (χ1n) is 7.16. The first-order valence-corrected chi connectivity index (χ1v) is 8.39. The first-order chi connectivity index (χ1) is 10.1. The van der Waals surface area contributed by atoms with E-state index in [0.29, 0.717) is 32.5 Å². The standard InChI is InChI=1S/C14H22N4O2S/c1-4-18-9-10(5-6-12(18)19)13(20)15-7-11-8-16-14(21-3)17(11)2/h8,10H,4-7,9H2,1-3H3,(H,15,20)/t10-/m0/s1. The van der Waals surface area contributed by atoms with Crippen LogP contribution >= 0.6 is 11.8 Å². The molecule has 0 aromatic carbocycles. The van der Waals surface area contributed by atoms with E-state index in [0.717, 1.165) is 10.9 Å². The average molecular weight is 310 g/mol. The minimum Gasteiger partial charge on any atom is -0.350 e. The van der Waals surface area contributed by atoms with E-state index in [1.54, 1.807) is 22.9 Å². The normalized spacial score (nSPS) is 18.9. The lowest BCUT2D eigenvalue weighted by Gasteiger charge is -2.31. The smallest absolute Gasteiger partial charge is 0.225 e. The van der Waals surface area contributed by atoms with Crippen LogP contribution in [-0.2, 0) is 23.2 Å². The molecule has 0 spiro atoms. The van der Waals surface area contributed by atoms with Gasteiger partial charge in [-0.3, -0.25) is 9.59 Å². The summed E-state index contributed by atoms with van der Waals surface area (Å²) in [5.74, 6) is 0.0709. The molecule has 1 aromatic heterocycles. The second-order valence-electron chi connectivity index (χ2n) is 5.18. The molecule has 0 radical (unpaired) electrons. The second-order valence-corrected chi connectivity index (χ2v) is 5.95. The zero-order chi connectivity index (χ0) is 15.4. The summed E-state index contributed by atoms with van der Waals surface area (Å²) in [5.41, 5.74) is 0.979. The van der Waals surface area contributed by atoms with Crippen LogP contribution in [0.2, 0.25) is 0 Å². The maximum absolute atomic E-state index is 12.2. The molecule has 116 valence electrons. The molecule has 1 fully saturated rings.